The first-order chi connectivity index (χ1) is 15.8. The summed E-state index contributed by atoms with van der Waals surface area (Å²) in [6.45, 7) is 4.18. The molecule has 0 radical (unpaired) electrons. The van der Waals surface area contributed by atoms with Crippen molar-refractivity contribution < 1.29 is 23.0 Å². The number of amides is 2. The van der Waals surface area contributed by atoms with Crippen LogP contribution in [0, 0.1) is 0 Å². The van der Waals surface area contributed by atoms with Gasteiger partial charge in [0.25, 0.3) is 5.92 Å². The van der Waals surface area contributed by atoms with E-state index in [4.69, 9.17) is 21.1 Å². The first-order valence-electron chi connectivity index (χ1n) is 10.8. The molecule has 0 bridgehead atoms. The number of morpholine rings is 1. The molecule has 0 spiro atoms. The van der Waals surface area contributed by atoms with E-state index < -0.39 is 12.5 Å². The molecule has 0 aliphatic carbocycles. The SMILES string of the molecule is C[C@@H](Nc1nc(Cl)nc2c1CN(C(=O)N1CCOCC1)C2)c1cccc2c1COCC2(F)F. The van der Waals surface area contributed by atoms with Crippen molar-refractivity contribution >= 4 is 23.4 Å². The van der Waals surface area contributed by atoms with Gasteiger partial charge in [0, 0.05) is 24.2 Å². The Balaban J connectivity index is 1.39. The summed E-state index contributed by atoms with van der Waals surface area (Å²) in [6, 6.07) is 4.45. The molecular weight excluding hydrogens is 456 g/mol. The Morgan fingerprint density at radius 2 is 1.94 bits per heavy atom. The number of carbonyl (C=O) groups is 1. The third-order valence-corrected chi connectivity index (χ3v) is 6.43. The summed E-state index contributed by atoms with van der Waals surface area (Å²) >= 11 is 6.17. The molecule has 2 aromatic rings. The van der Waals surface area contributed by atoms with Gasteiger partial charge in [0.2, 0.25) is 5.28 Å². The molecule has 1 atom stereocenters. The summed E-state index contributed by atoms with van der Waals surface area (Å²) in [4.78, 5) is 25.1. The fourth-order valence-corrected chi connectivity index (χ4v) is 4.78. The van der Waals surface area contributed by atoms with E-state index in [1.165, 1.54) is 6.07 Å². The molecule has 0 unspecified atom stereocenters. The zero-order valence-electron chi connectivity index (χ0n) is 18.1. The maximum atomic E-state index is 14.3. The number of anilines is 1. The van der Waals surface area contributed by atoms with Crippen LogP contribution in [0.3, 0.4) is 0 Å². The average Bonchev–Trinajstić information content (AvgIpc) is 3.23. The molecule has 5 rings (SSSR count). The highest BCUT2D eigenvalue weighted by molar-refractivity contribution is 6.28. The van der Waals surface area contributed by atoms with Gasteiger partial charge in [-0.05, 0) is 29.7 Å². The van der Waals surface area contributed by atoms with Gasteiger partial charge in [-0.1, -0.05) is 18.2 Å². The zero-order chi connectivity index (χ0) is 23.2. The molecule has 1 aromatic carbocycles. The molecule has 3 aliphatic heterocycles. The van der Waals surface area contributed by atoms with Crippen LogP contribution in [0.15, 0.2) is 18.2 Å². The summed E-state index contributed by atoms with van der Waals surface area (Å²) in [6.07, 6.45) is 0. The van der Waals surface area contributed by atoms with Crippen LogP contribution >= 0.6 is 11.6 Å². The van der Waals surface area contributed by atoms with Crippen molar-refractivity contribution in [2.75, 3.05) is 38.2 Å². The molecule has 4 heterocycles. The lowest BCUT2D eigenvalue weighted by atomic mass is 9.92. The third kappa shape index (κ3) is 4.22. The van der Waals surface area contributed by atoms with Gasteiger partial charge in [-0.15, -0.1) is 0 Å². The lowest BCUT2D eigenvalue weighted by Crippen LogP contribution is -2.46. The zero-order valence-corrected chi connectivity index (χ0v) is 18.9. The number of rotatable bonds is 3. The summed E-state index contributed by atoms with van der Waals surface area (Å²) in [7, 11) is 0. The van der Waals surface area contributed by atoms with Crippen LogP contribution in [0.5, 0.6) is 0 Å². The van der Waals surface area contributed by atoms with Gasteiger partial charge in [-0.25, -0.2) is 14.8 Å². The van der Waals surface area contributed by atoms with Gasteiger partial charge >= 0.3 is 6.03 Å². The summed E-state index contributed by atoms with van der Waals surface area (Å²) in [5.74, 6) is -2.53. The number of hydrogen-bond acceptors (Lipinski definition) is 6. The highest BCUT2D eigenvalue weighted by Gasteiger charge is 2.39. The van der Waals surface area contributed by atoms with Gasteiger partial charge in [-0.2, -0.15) is 8.78 Å². The van der Waals surface area contributed by atoms with Crippen LogP contribution < -0.4 is 5.32 Å². The Morgan fingerprint density at radius 1 is 1.15 bits per heavy atom. The molecule has 11 heteroatoms. The fraction of sp³-hybridized carbons (Fsp3) is 0.500. The molecule has 8 nitrogen and oxygen atoms in total. The number of nitrogens with zero attached hydrogens (tertiary/aromatic N) is 4. The minimum atomic E-state index is -3.02. The van der Waals surface area contributed by atoms with E-state index in [9.17, 15) is 13.6 Å². The Kier molecular flexibility index (Phi) is 5.84. The van der Waals surface area contributed by atoms with E-state index in [0.717, 1.165) is 5.56 Å². The first kappa shape index (κ1) is 22.2. The molecule has 1 fully saturated rings. The monoisotopic (exact) mass is 479 g/mol. The van der Waals surface area contributed by atoms with Crippen LogP contribution in [0.4, 0.5) is 19.4 Å². The number of aromatic nitrogens is 2. The number of alkyl halides is 2. The van der Waals surface area contributed by atoms with Crippen molar-refractivity contribution in [3.05, 3.63) is 51.4 Å². The number of hydrogen-bond donors (Lipinski definition) is 1. The molecular formula is C22H24ClF2N5O3. The van der Waals surface area contributed by atoms with E-state index in [1.807, 2.05) is 6.92 Å². The number of ether oxygens (including phenoxy) is 2. The lowest BCUT2D eigenvalue weighted by molar-refractivity contribution is -0.103. The van der Waals surface area contributed by atoms with E-state index in [2.05, 4.69) is 15.3 Å². The summed E-state index contributed by atoms with van der Waals surface area (Å²) in [5, 5.41) is 3.37. The predicted octanol–water partition coefficient (Wildman–Crippen LogP) is 3.69. The van der Waals surface area contributed by atoms with Crippen LogP contribution in [0.2, 0.25) is 5.28 Å². The molecule has 176 valence electrons. The van der Waals surface area contributed by atoms with E-state index >= 15 is 0 Å². The molecule has 33 heavy (non-hydrogen) atoms. The van der Waals surface area contributed by atoms with Crippen molar-refractivity contribution in [2.45, 2.75) is 38.6 Å². The maximum absolute atomic E-state index is 14.3. The highest BCUT2D eigenvalue weighted by Crippen LogP contribution is 2.39. The topological polar surface area (TPSA) is 79.8 Å². The molecule has 2 amide bonds. The van der Waals surface area contributed by atoms with Gasteiger partial charge in [-0.3, -0.25) is 0 Å². The van der Waals surface area contributed by atoms with Crippen molar-refractivity contribution in [2.24, 2.45) is 0 Å². The standard InChI is InChI=1S/C22H24ClF2N5O3/c1-13(14-3-2-4-17-16(14)11-33-12-22(17,24)25)26-19-15-9-30(10-18(15)27-20(23)28-19)21(31)29-5-7-32-8-6-29/h2-4,13H,5-12H2,1H3,(H,26,27,28)/t13-/m1/s1. The van der Waals surface area contributed by atoms with Crippen molar-refractivity contribution in [1.29, 1.82) is 0 Å². The smallest absolute Gasteiger partial charge is 0.320 e. The summed E-state index contributed by atoms with van der Waals surface area (Å²) < 4.78 is 39.2. The van der Waals surface area contributed by atoms with Crippen molar-refractivity contribution in [1.82, 2.24) is 19.8 Å². The first-order valence-corrected chi connectivity index (χ1v) is 11.2. The Labute approximate surface area is 194 Å². The molecule has 1 saturated heterocycles. The summed E-state index contributed by atoms with van der Waals surface area (Å²) in [5.41, 5.74) is 2.63. The number of urea groups is 1. The molecule has 1 N–H and O–H groups in total. The fourth-order valence-electron chi connectivity index (χ4n) is 4.59. The van der Waals surface area contributed by atoms with Gasteiger partial charge in [0.1, 0.15) is 12.4 Å². The maximum Gasteiger partial charge on any atom is 0.320 e. The van der Waals surface area contributed by atoms with Crippen molar-refractivity contribution in [3.8, 4) is 0 Å². The van der Waals surface area contributed by atoms with Gasteiger partial charge in [0.15, 0.2) is 0 Å². The second kappa shape index (κ2) is 8.66. The van der Waals surface area contributed by atoms with Crippen LogP contribution in [0.1, 0.15) is 40.9 Å². The van der Waals surface area contributed by atoms with Crippen LogP contribution in [-0.4, -0.2) is 58.7 Å². The Morgan fingerprint density at radius 3 is 2.73 bits per heavy atom. The number of benzene rings is 1. The normalized spacial score (nSPS) is 20.2. The Hall–Kier alpha value is -2.56. The average molecular weight is 480 g/mol. The van der Waals surface area contributed by atoms with Crippen LogP contribution in [0.25, 0.3) is 0 Å². The number of nitrogens with one attached hydrogen (secondary N) is 1. The van der Waals surface area contributed by atoms with Gasteiger partial charge < -0.3 is 24.6 Å². The quantitative estimate of drug-likeness (QED) is 0.676. The van der Waals surface area contributed by atoms with E-state index in [0.29, 0.717) is 62.0 Å². The Bertz CT molecular complexity index is 1080. The largest absolute Gasteiger partial charge is 0.378 e. The molecule has 3 aliphatic rings. The lowest BCUT2D eigenvalue weighted by Gasteiger charge is -2.30. The second-order valence-electron chi connectivity index (χ2n) is 8.44. The number of halogens is 3. The molecule has 0 saturated carbocycles. The van der Waals surface area contributed by atoms with E-state index in [-0.39, 0.29) is 29.5 Å². The minimum absolute atomic E-state index is 0.00636. The minimum Gasteiger partial charge on any atom is -0.378 e. The van der Waals surface area contributed by atoms with Crippen molar-refractivity contribution in [3.63, 3.8) is 0 Å². The third-order valence-electron chi connectivity index (χ3n) is 6.26. The predicted molar refractivity (Wildman–Crippen MR) is 116 cm³/mol. The number of carbonyl (C=O) groups excluding carboxylic acids is 1. The van der Waals surface area contributed by atoms with Crippen LogP contribution in [-0.2, 0) is 35.1 Å². The highest BCUT2D eigenvalue weighted by atomic mass is 35.5. The molecule has 1 aromatic heterocycles. The number of fused-ring (bicyclic) bond motifs is 2. The second-order valence-corrected chi connectivity index (χ2v) is 8.78. The van der Waals surface area contributed by atoms with E-state index in [1.54, 1.807) is 21.9 Å². The van der Waals surface area contributed by atoms with Gasteiger partial charge in [0.05, 0.1) is 44.6 Å².